The lowest BCUT2D eigenvalue weighted by atomic mass is 9.89. The molecule has 2 fully saturated rings. The number of ether oxygens (including phenoxy) is 1. The SMILES string of the molecule is COCC(C(C)C)N1CC(=O)NC(C)(C2CC2)C1=O. The molecule has 1 saturated heterocycles. The van der Waals surface area contributed by atoms with E-state index in [2.05, 4.69) is 19.2 Å². The van der Waals surface area contributed by atoms with Crippen LogP contribution in [0.5, 0.6) is 0 Å². The van der Waals surface area contributed by atoms with Crippen molar-refractivity contribution in [2.45, 2.75) is 45.2 Å². The molecule has 1 aliphatic carbocycles. The van der Waals surface area contributed by atoms with Crippen LogP contribution < -0.4 is 5.32 Å². The summed E-state index contributed by atoms with van der Waals surface area (Å²) in [5.74, 6) is 0.543. The molecule has 5 heteroatoms. The van der Waals surface area contributed by atoms with Crippen LogP contribution in [0.1, 0.15) is 33.6 Å². The largest absolute Gasteiger partial charge is 0.383 e. The smallest absolute Gasteiger partial charge is 0.249 e. The Morgan fingerprint density at radius 3 is 2.53 bits per heavy atom. The highest BCUT2D eigenvalue weighted by Gasteiger charge is 2.53. The Kier molecular flexibility index (Phi) is 3.85. The van der Waals surface area contributed by atoms with E-state index in [9.17, 15) is 9.59 Å². The molecular formula is C14H24N2O3. The summed E-state index contributed by atoms with van der Waals surface area (Å²) in [6, 6.07) is -0.0402. The van der Waals surface area contributed by atoms with Crippen molar-refractivity contribution >= 4 is 11.8 Å². The van der Waals surface area contributed by atoms with Gasteiger partial charge in [-0.05, 0) is 31.6 Å². The first-order valence-corrected chi connectivity index (χ1v) is 7.01. The van der Waals surface area contributed by atoms with Gasteiger partial charge in [0.25, 0.3) is 0 Å². The Hall–Kier alpha value is -1.10. The molecule has 0 aromatic heterocycles. The quantitative estimate of drug-likeness (QED) is 0.802. The van der Waals surface area contributed by atoms with E-state index in [1.807, 2.05) is 6.92 Å². The van der Waals surface area contributed by atoms with Crippen LogP contribution in [0.4, 0.5) is 0 Å². The van der Waals surface area contributed by atoms with E-state index in [1.165, 1.54) is 0 Å². The zero-order chi connectivity index (χ0) is 14.2. The van der Waals surface area contributed by atoms with Gasteiger partial charge in [0, 0.05) is 7.11 Å². The van der Waals surface area contributed by atoms with Gasteiger partial charge in [-0.1, -0.05) is 13.8 Å². The predicted octanol–water partition coefficient (Wildman–Crippen LogP) is 0.785. The summed E-state index contributed by atoms with van der Waals surface area (Å²) in [7, 11) is 1.63. The van der Waals surface area contributed by atoms with E-state index in [4.69, 9.17) is 4.74 Å². The topological polar surface area (TPSA) is 58.6 Å². The van der Waals surface area contributed by atoms with Crippen molar-refractivity contribution in [1.29, 1.82) is 0 Å². The van der Waals surface area contributed by atoms with E-state index in [1.54, 1.807) is 12.0 Å². The molecule has 19 heavy (non-hydrogen) atoms. The van der Waals surface area contributed by atoms with Crippen LogP contribution in [-0.2, 0) is 14.3 Å². The molecule has 2 unspecified atom stereocenters. The average Bonchev–Trinajstić information content (AvgIpc) is 3.15. The maximum Gasteiger partial charge on any atom is 0.249 e. The molecular weight excluding hydrogens is 244 g/mol. The van der Waals surface area contributed by atoms with Gasteiger partial charge in [0.2, 0.25) is 11.8 Å². The average molecular weight is 268 g/mol. The predicted molar refractivity (Wildman–Crippen MR) is 71.5 cm³/mol. The van der Waals surface area contributed by atoms with E-state index in [-0.39, 0.29) is 30.3 Å². The van der Waals surface area contributed by atoms with Gasteiger partial charge in [-0.3, -0.25) is 9.59 Å². The van der Waals surface area contributed by atoms with Gasteiger partial charge in [-0.2, -0.15) is 0 Å². The van der Waals surface area contributed by atoms with Crippen LogP contribution in [0.25, 0.3) is 0 Å². The lowest BCUT2D eigenvalue weighted by Crippen LogP contribution is -2.69. The molecule has 1 N–H and O–H groups in total. The van der Waals surface area contributed by atoms with Gasteiger partial charge in [0.15, 0.2) is 0 Å². The Bertz CT molecular complexity index is 379. The molecule has 0 aromatic carbocycles. The van der Waals surface area contributed by atoms with Crippen LogP contribution in [0, 0.1) is 11.8 Å². The fourth-order valence-electron chi connectivity index (χ4n) is 2.93. The van der Waals surface area contributed by atoms with Crippen LogP contribution >= 0.6 is 0 Å². The number of piperazine rings is 1. The Morgan fingerprint density at radius 2 is 2.05 bits per heavy atom. The molecule has 1 heterocycles. The van der Waals surface area contributed by atoms with Crippen molar-refractivity contribution in [1.82, 2.24) is 10.2 Å². The molecule has 2 atom stereocenters. The van der Waals surface area contributed by atoms with Crippen LogP contribution in [-0.4, -0.2) is 48.6 Å². The Labute approximate surface area is 114 Å². The van der Waals surface area contributed by atoms with Crippen molar-refractivity contribution in [3.8, 4) is 0 Å². The number of hydrogen-bond donors (Lipinski definition) is 1. The second-order valence-corrected chi connectivity index (χ2v) is 6.22. The highest BCUT2D eigenvalue weighted by molar-refractivity contribution is 5.98. The van der Waals surface area contributed by atoms with Crippen LogP contribution in [0.3, 0.4) is 0 Å². The van der Waals surface area contributed by atoms with Gasteiger partial charge in [0.05, 0.1) is 12.6 Å². The summed E-state index contributed by atoms with van der Waals surface area (Å²) in [4.78, 5) is 26.4. The molecule has 2 amide bonds. The highest BCUT2D eigenvalue weighted by Crippen LogP contribution is 2.42. The summed E-state index contributed by atoms with van der Waals surface area (Å²) in [5.41, 5.74) is -0.712. The first kappa shape index (κ1) is 14.3. The number of methoxy groups -OCH3 is 1. The van der Waals surface area contributed by atoms with Gasteiger partial charge < -0.3 is 15.0 Å². The summed E-state index contributed by atoms with van der Waals surface area (Å²) in [6.07, 6.45) is 2.04. The summed E-state index contributed by atoms with van der Waals surface area (Å²) >= 11 is 0. The lowest BCUT2D eigenvalue weighted by Gasteiger charge is -2.44. The maximum atomic E-state index is 12.8. The summed E-state index contributed by atoms with van der Waals surface area (Å²) in [5, 5.41) is 2.90. The molecule has 2 rings (SSSR count). The molecule has 1 saturated carbocycles. The normalized spacial score (nSPS) is 29.6. The first-order chi connectivity index (χ1) is 8.90. The third-order valence-corrected chi connectivity index (χ3v) is 4.32. The van der Waals surface area contributed by atoms with Crippen molar-refractivity contribution in [3.05, 3.63) is 0 Å². The second-order valence-electron chi connectivity index (χ2n) is 6.22. The fraction of sp³-hybridized carbons (Fsp3) is 0.857. The minimum atomic E-state index is -0.712. The van der Waals surface area contributed by atoms with Crippen molar-refractivity contribution in [2.24, 2.45) is 11.8 Å². The van der Waals surface area contributed by atoms with Crippen LogP contribution in [0.15, 0.2) is 0 Å². The monoisotopic (exact) mass is 268 g/mol. The van der Waals surface area contributed by atoms with Crippen molar-refractivity contribution in [2.75, 3.05) is 20.3 Å². The number of rotatable bonds is 5. The first-order valence-electron chi connectivity index (χ1n) is 7.01. The van der Waals surface area contributed by atoms with E-state index in [0.717, 1.165) is 12.8 Å². The third kappa shape index (κ3) is 2.61. The van der Waals surface area contributed by atoms with E-state index in [0.29, 0.717) is 12.5 Å². The maximum absolute atomic E-state index is 12.8. The molecule has 0 bridgehead atoms. The number of carbonyl (C=O) groups excluding carboxylic acids is 2. The molecule has 5 nitrogen and oxygen atoms in total. The molecule has 0 radical (unpaired) electrons. The number of carbonyl (C=O) groups is 2. The zero-order valence-electron chi connectivity index (χ0n) is 12.2. The minimum absolute atomic E-state index is 0.0402. The highest BCUT2D eigenvalue weighted by atomic mass is 16.5. The number of amides is 2. The van der Waals surface area contributed by atoms with Crippen molar-refractivity contribution < 1.29 is 14.3 Å². The molecule has 108 valence electrons. The van der Waals surface area contributed by atoms with Gasteiger partial charge in [0.1, 0.15) is 12.1 Å². The number of nitrogens with zero attached hydrogens (tertiary/aromatic N) is 1. The zero-order valence-corrected chi connectivity index (χ0v) is 12.2. The lowest BCUT2D eigenvalue weighted by molar-refractivity contribution is -0.155. The second kappa shape index (κ2) is 5.12. The van der Waals surface area contributed by atoms with Gasteiger partial charge >= 0.3 is 0 Å². The summed E-state index contributed by atoms with van der Waals surface area (Å²) in [6.45, 7) is 6.59. The Morgan fingerprint density at radius 1 is 1.42 bits per heavy atom. The van der Waals surface area contributed by atoms with Crippen LogP contribution in [0.2, 0.25) is 0 Å². The van der Waals surface area contributed by atoms with E-state index >= 15 is 0 Å². The molecule has 0 spiro atoms. The molecule has 2 aliphatic rings. The van der Waals surface area contributed by atoms with E-state index < -0.39 is 5.54 Å². The Balaban J connectivity index is 2.23. The molecule has 1 aliphatic heterocycles. The standard InChI is InChI=1S/C14H24N2O3/c1-9(2)11(8-19-4)16-7-12(17)15-14(3,13(16)18)10-5-6-10/h9-11H,5-8H2,1-4H3,(H,15,17). The van der Waals surface area contributed by atoms with Crippen molar-refractivity contribution in [3.63, 3.8) is 0 Å². The fourth-order valence-corrected chi connectivity index (χ4v) is 2.93. The molecule has 0 aromatic rings. The third-order valence-electron chi connectivity index (χ3n) is 4.32. The van der Waals surface area contributed by atoms with Gasteiger partial charge in [-0.15, -0.1) is 0 Å². The number of nitrogens with one attached hydrogen (secondary N) is 1. The number of hydrogen-bond acceptors (Lipinski definition) is 3. The van der Waals surface area contributed by atoms with Gasteiger partial charge in [-0.25, -0.2) is 0 Å². The minimum Gasteiger partial charge on any atom is -0.383 e. The summed E-state index contributed by atoms with van der Waals surface area (Å²) < 4.78 is 5.22.